The van der Waals surface area contributed by atoms with Crippen LogP contribution in [0.5, 0.6) is 17.2 Å². The topological polar surface area (TPSA) is 64.1 Å². The average molecular weight is 392 g/mol. The van der Waals surface area contributed by atoms with Gasteiger partial charge in [0.2, 0.25) is 0 Å². The van der Waals surface area contributed by atoms with Gasteiger partial charge in [-0.15, -0.1) is 0 Å². The summed E-state index contributed by atoms with van der Waals surface area (Å²) >= 11 is 6.28. The maximum atomic E-state index is 6.28. The summed E-state index contributed by atoms with van der Waals surface area (Å²) in [6.07, 6.45) is 0.778. The van der Waals surface area contributed by atoms with E-state index in [-0.39, 0.29) is 0 Å². The van der Waals surface area contributed by atoms with Crippen molar-refractivity contribution in [2.45, 2.75) is 13.0 Å². The monoisotopic (exact) mass is 391 g/mol. The molecule has 0 unspecified atom stereocenters. The molecule has 2 aromatic rings. The van der Waals surface area contributed by atoms with Gasteiger partial charge < -0.3 is 24.8 Å². The molecule has 0 aliphatic heterocycles. The van der Waals surface area contributed by atoms with Gasteiger partial charge in [-0.1, -0.05) is 23.7 Å². The lowest BCUT2D eigenvalue weighted by atomic mass is 10.1. The molecule has 0 bridgehead atoms. The summed E-state index contributed by atoms with van der Waals surface area (Å²) in [5, 5.41) is 7.27. The van der Waals surface area contributed by atoms with Crippen molar-refractivity contribution >= 4 is 17.6 Å². The van der Waals surface area contributed by atoms with Gasteiger partial charge in [0.05, 0.1) is 21.3 Å². The van der Waals surface area contributed by atoms with Crippen LogP contribution < -0.4 is 24.8 Å². The van der Waals surface area contributed by atoms with Crippen LogP contribution in [0.2, 0.25) is 5.02 Å². The highest BCUT2D eigenvalue weighted by Crippen LogP contribution is 2.27. The zero-order chi connectivity index (χ0) is 19.6. The van der Waals surface area contributed by atoms with Gasteiger partial charge >= 0.3 is 0 Å². The third kappa shape index (κ3) is 5.96. The molecule has 2 rings (SSSR count). The van der Waals surface area contributed by atoms with Crippen molar-refractivity contribution in [1.82, 2.24) is 10.6 Å². The zero-order valence-corrected chi connectivity index (χ0v) is 16.9. The fraction of sp³-hybridized carbons (Fsp3) is 0.350. The molecule has 146 valence electrons. The van der Waals surface area contributed by atoms with Crippen LogP contribution in [0.25, 0.3) is 0 Å². The Kier molecular flexibility index (Phi) is 8.07. The highest BCUT2D eigenvalue weighted by molar-refractivity contribution is 6.31. The highest BCUT2D eigenvalue weighted by atomic mass is 35.5. The van der Waals surface area contributed by atoms with Crippen molar-refractivity contribution in [2.75, 3.05) is 34.9 Å². The van der Waals surface area contributed by atoms with E-state index in [9.17, 15) is 0 Å². The standard InChI is InChI=1S/C20H26ClN3O3/c1-22-20(23-10-9-15-6-7-16(25-2)12-17(15)21)24-13-14-5-8-18(26-3)19(11-14)27-4/h5-8,11-12H,9-10,13H2,1-4H3,(H2,22,23,24). The molecule has 6 nitrogen and oxygen atoms in total. The van der Waals surface area contributed by atoms with Gasteiger partial charge in [-0.3, -0.25) is 4.99 Å². The number of aliphatic imine (C=N–C) groups is 1. The molecule has 0 aliphatic rings. The Labute approximate surface area is 165 Å². The summed E-state index contributed by atoms with van der Waals surface area (Å²) in [6.45, 7) is 1.32. The van der Waals surface area contributed by atoms with Gasteiger partial charge in [-0.25, -0.2) is 0 Å². The quantitative estimate of drug-likeness (QED) is 0.534. The Morgan fingerprint density at radius 3 is 2.37 bits per heavy atom. The molecule has 0 atom stereocenters. The smallest absolute Gasteiger partial charge is 0.191 e. The molecular formula is C20H26ClN3O3. The van der Waals surface area contributed by atoms with Crippen LogP contribution in [0.1, 0.15) is 11.1 Å². The maximum absolute atomic E-state index is 6.28. The second-order valence-electron chi connectivity index (χ2n) is 5.75. The molecule has 2 N–H and O–H groups in total. The molecule has 0 aliphatic carbocycles. The third-order valence-electron chi connectivity index (χ3n) is 4.08. The second-order valence-corrected chi connectivity index (χ2v) is 6.16. The Balaban J connectivity index is 1.86. The van der Waals surface area contributed by atoms with E-state index in [4.69, 9.17) is 25.8 Å². The van der Waals surface area contributed by atoms with Gasteiger partial charge in [-0.2, -0.15) is 0 Å². The van der Waals surface area contributed by atoms with Crippen molar-refractivity contribution in [2.24, 2.45) is 4.99 Å². The molecule has 7 heteroatoms. The molecule has 0 fully saturated rings. The summed E-state index contributed by atoms with van der Waals surface area (Å²) in [4.78, 5) is 4.25. The number of ether oxygens (including phenoxy) is 3. The number of halogens is 1. The van der Waals surface area contributed by atoms with Crippen LogP contribution in [0.15, 0.2) is 41.4 Å². The molecule has 0 saturated carbocycles. The van der Waals surface area contributed by atoms with Gasteiger partial charge in [-0.05, 0) is 41.8 Å². The fourth-order valence-corrected chi connectivity index (χ4v) is 2.84. The molecule has 2 aromatic carbocycles. The number of benzene rings is 2. The number of methoxy groups -OCH3 is 3. The van der Waals surface area contributed by atoms with Crippen LogP contribution >= 0.6 is 11.6 Å². The molecule has 0 heterocycles. The van der Waals surface area contributed by atoms with Crippen molar-refractivity contribution in [3.63, 3.8) is 0 Å². The molecular weight excluding hydrogens is 366 g/mol. The first kappa shape index (κ1) is 20.7. The van der Waals surface area contributed by atoms with Crippen molar-refractivity contribution in [1.29, 1.82) is 0 Å². The van der Waals surface area contributed by atoms with Crippen LogP contribution in [-0.4, -0.2) is 40.9 Å². The van der Waals surface area contributed by atoms with Crippen molar-refractivity contribution in [3.05, 3.63) is 52.5 Å². The van der Waals surface area contributed by atoms with E-state index < -0.39 is 0 Å². The summed E-state index contributed by atoms with van der Waals surface area (Å²) in [7, 11) is 6.61. The van der Waals surface area contributed by atoms with E-state index in [1.165, 1.54) is 0 Å². The van der Waals surface area contributed by atoms with Crippen LogP contribution in [-0.2, 0) is 13.0 Å². The van der Waals surface area contributed by atoms with Crippen LogP contribution in [0.4, 0.5) is 0 Å². The molecule has 27 heavy (non-hydrogen) atoms. The van der Waals surface area contributed by atoms with E-state index >= 15 is 0 Å². The molecule has 0 radical (unpaired) electrons. The van der Waals surface area contributed by atoms with Crippen LogP contribution in [0, 0.1) is 0 Å². The van der Waals surface area contributed by atoms with E-state index in [1.807, 2.05) is 36.4 Å². The average Bonchev–Trinajstić information content (AvgIpc) is 2.71. The maximum Gasteiger partial charge on any atom is 0.191 e. The summed E-state index contributed by atoms with van der Waals surface area (Å²) in [5.74, 6) is 2.88. The fourth-order valence-electron chi connectivity index (χ4n) is 2.57. The second kappa shape index (κ2) is 10.5. The van der Waals surface area contributed by atoms with E-state index in [0.29, 0.717) is 29.6 Å². The van der Waals surface area contributed by atoms with E-state index in [0.717, 1.165) is 29.3 Å². The van der Waals surface area contributed by atoms with Gasteiger partial charge in [0, 0.05) is 25.2 Å². The minimum Gasteiger partial charge on any atom is -0.497 e. The van der Waals surface area contributed by atoms with Gasteiger partial charge in [0.1, 0.15) is 5.75 Å². The molecule has 0 amide bonds. The first-order valence-corrected chi connectivity index (χ1v) is 8.97. The number of hydrogen-bond donors (Lipinski definition) is 2. The molecule has 0 aromatic heterocycles. The lowest BCUT2D eigenvalue weighted by molar-refractivity contribution is 0.354. The Morgan fingerprint density at radius 1 is 0.963 bits per heavy atom. The Bertz CT molecular complexity index is 781. The molecule has 0 spiro atoms. The predicted octanol–water partition coefficient (Wildman–Crippen LogP) is 3.27. The normalized spacial score (nSPS) is 11.1. The number of guanidine groups is 1. The number of nitrogens with one attached hydrogen (secondary N) is 2. The SMILES string of the molecule is CN=C(NCCc1ccc(OC)cc1Cl)NCc1ccc(OC)c(OC)c1. The summed E-state index contributed by atoms with van der Waals surface area (Å²) in [5.41, 5.74) is 2.12. The minimum atomic E-state index is 0.614. The minimum absolute atomic E-state index is 0.614. The third-order valence-corrected chi connectivity index (χ3v) is 4.43. The summed E-state index contributed by atoms with van der Waals surface area (Å²) in [6, 6.07) is 11.5. The van der Waals surface area contributed by atoms with Gasteiger partial charge in [0.25, 0.3) is 0 Å². The van der Waals surface area contributed by atoms with Crippen molar-refractivity contribution in [3.8, 4) is 17.2 Å². The number of nitrogens with zero attached hydrogens (tertiary/aromatic N) is 1. The Morgan fingerprint density at radius 2 is 1.74 bits per heavy atom. The largest absolute Gasteiger partial charge is 0.497 e. The van der Waals surface area contributed by atoms with Crippen LogP contribution in [0.3, 0.4) is 0 Å². The van der Waals surface area contributed by atoms with E-state index in [1.54, 1.807) is 28.4 Å². The lowest BCUT2D eigenvalue weighted by Crippen LogP contribution is -2.37. The van der Waals surface area contributed by atoms with E-state index in [2.05, 4.69) is 15.6 Å². The first-order valence-electron chi connectivity index (χ1n) is 8.59. The highest BCUT2D eigenvalue weighted by Gasteiger charge is 2.06. The van der Waals surface area contributed by atoms with Crippen molar-refractivity contribution < 1.29 is 14.2 Å². The summed E-state index contributed by atoms with van der Waals surface area (Å²) < 4.78 is 15.8. The number of rotatable bonds is 8. The molecule has 0 saturated heterocycles. The Hall–Kier alpha value is -2.60. The predicted molar refractivity (Wildman–Crippen MR) is 109 cm³/mol. The lowest BCUT2D eigenvalue weighted by Gasteiger charge is -2.14. The van der Waals surface area contributed by atoms with Gasteiger partial charge in [0.15, 0.2) is 17.5 Å². The number of hydrogen-bond acceptors (Lipinski definition) is 4. The first-order chi connectivity index (χ1) is 13.1. The zero-order valence-electron chi connectivity index (χ0n) is 16.1.